The van der Waals surface area contributed by atoms with Crippen LogP contribution in [-0.2, 0) is 11.3 Å². The van der Waals surface area contributed by atoms with Crippen LogP contribution in [0.4, 0.5) is 0 Å². The van der Waals surface area contributed by atoms with Crippen molar-refractivity contribution in [3.05, 3.63) is 16.6 Å². The Morgan fingerprint density at radius 1 is 1.71 bits per heavy atom. The highest BCUT2D eigenvalue weighted by atomic mass is 32.1. The maximum absolute atomic E-state index is 11.5. The van der Waals surface area contributed by atoms with Gasteiger partial charge < -0.3 is 10.2 Å². The maximum atomic E-state index is 11.5. The lowest BCUT2D eigenvalue weighted by atomic mass is 10.4. The summed E-state index contributed by atoms with van der Waals surface area (Å²) in [6, 6.07) is 0. The summed E-state index contributed by atoms with van der Waals surface area (Å²) in [4.78, 5) is 17.3. The van der Waals surface area contributed by atoms with Gasteiger partial charge in [0.05, 0.1) is 24.3 Å². The van der Waals surface area contributed by atoms with E-state index in [1.165, 1.54) is 0 Å². The number of rotatable bonds is 5. The number of carbonyl (C=O) groups is 1. The molecule has 1 N–H and O–H groups in total. The Balaban J connectivity index is 2.34. The smallest absolute Gasteiger partial charge is 0.236 e. The molecule has 1 amide bonds. The van der Waals surface area contributed by atoms with Gasteiger partial charge in [-0.25, -0.2) is 4.98 Å². The van der Waals surface area contributed by atoms with E-state index in [0.29, 0.717) is 13.1 Å². The molecule has 0 atom stereocenters. The quantitative estimate of drug-likeness (QED) is 0.783. The number of amides is 1. The molecule has 0 aromatic carbocycles. The van der Waals surface area contributed by atoms with Crippen LogP contribution < -0.4 is 5.32 Å². The molecule has 1 heterocycles. The number of aromatic nitrogens is 1. The van der Waals surface area contributed by atoms with Crippen molar-refractivity contribution < 1.29 is 4.79 Å². The molecule has 0 radical (unpaired) electrons. The van der Waals surface area contributed by atoms with Gasteiger partial charge in [0.15, 0.2) is 0 Å². The first-order valence-electron chi connectivity index (χ1n) is 4.55. The molecule has 0 spiro atoms. The Labute approximate surface area is 88.0 Å². The van der Waals surface area contributed by atoms with Crippen molar-refractivity contribution in [1.82, 2.24) is 15.2 Å². The van der Waals surface area contributed by atoms with Crippen molar-refractivity contribution in [3.63, 3.8) is 0 Å². The van der Waals surface area contributed by atoms with Crippen LogP contribution in [0.3, 0.4) is 0 Å². The van der Waals surface area contributed by atoms with Gasteiger partial charge >= 0.3 is 0 Å². The van der Waals surface area contributed by atoms with E-state index in [9.17, 15) is 4.79 Å². The molecule has 1 rings (SSSR count). The number of nitrogens with one attached hydrogen (secondary N) is 1. The van der Waals surface area contributed by atoms with Crippen molar-refractivity contribution in [2.24, 2.45) is 0 Å². The molecule has 0 aliphatic rings. The minimum Gasteiger partial charge on any atom is -0.339 e. The van der Waals surface area contributed by atoms with E-state index in [0.717, 1.165) is 12.2 Å². The van der Waals surface area contributed by atoms with Crippen LogP contribution in [0.2, 0.25) is 0 Å². The lowest BCUT2D eigenvalue weighted by molar-refractivity contribution is -0.129. The van der Waals surface area contributed by atoms with Crippen LogP contribution in [0.25, 0.3) is 0 Å². The van der Waals surface area contributed by atoms with Crippen molar-refractivity contribution >= 4 is 17.2 Å². The van der Waals surface area contributed by atoms with E-state index in [4.69, 9.17) is 0 Å². The molecular formula is C9H15N3OS. The summed E-state index contributed by atoms with van der Waals surface area (Å²) in [7, 11) is 1.79. The number of thiazole rings is 1. The molecule has 1 aromatic heterocycles. The van der Waals surface area contributed by atoms with Crippen LogP contribution in [0.1, 0.15) is 12.6 Å². The van der Waals surface area contributed by atoms with Gasteiger partial charge in [-0.1, -0.05) is 6.92 Å². The molecule has 0 bridgehead atoms. The summed E-state index contributed by atoms with van der Waals surface area (Å²) >= 11 is 1.55. The standard InChI is InChI=1S/C9H15N3OS/c1-3-10-4-9(13)12(2)5-8-6-14-7-11-8/h6-7,10H,3-5H2,1-2H3. The average molecular weight is 213 g/mol. The molecule has 0 saturated carbocycles. The Hall–Kier alpha value is -0.940. The van der Waals surface area contributed by atoms with Gasteiger partial charge in [0.1, 0.15) is 0 Å². The highest BCUT2D eigenvalue weighted by Crippen LogP contribution is 2.03. The number of likely N-dealkylation sites (N-methyl/N-ethyl adjacent to an activating group) is 2. The zero-order chi connectivity index (χ0) is 10.4. The highest BCUT2D eigenvalue weighted by Gasteiger charge is 2.08. The molecule has 5 heteroatoms. The zero-order valence-electron chi connectivity index (χ0n) is 8.49. The fourth-order valence-corrected chi connectivity index (χ4v) is 1.56. The van der Waals surface area contributed by atoms with Crippen LogP contribution in [0.15, 0.2) is 10.9 Å². The molecule has 0 aliphatic carbocycles. The van der Waals surface area contributed by atoms with Gasteiger partial charge in [-0.05, 0) is 6.54 Å². The van der Waals surface area contributed by atoms with E-state index in [1.54, 1.807) is 28.8 Å². The Morgan fingerprint density at radius 3 is 3.07 bits per heavy atom. The van der Waals surface area contributed by atoms with Crippen molar-refractivity contribution in [3.8, 4) is 0 Å². The summed E-state index contributed by atoms with van der Waals surface area (Å²) in [6.45, 7) is 3.79. The molecular weight excluding hydrogens is 198 g/mol. The lowest BCUT2D eigenvalue weighted by Gasteiger charge is -2.15. The lowest BCUT2D eigenvalue weighted by Crippen LogP contribution is -2.35. The summed E-state index contributed by atoms with van der Waals surface area (Å²) in [6.07, 6.45) is 0. The summed E-state index contributed by atoms with van der Waals surface area (Å²) < 4.78 is 0. The van der Waals surface area contributed by atoms with Crippen LogP contribution in [0.5, 0.6) is 0 Å². The Kier molecular flexibility index (Phi) is 4.55. The second-order valence-corrected chi connectivity index (χ2v) is 3.73. The van der Waals surface area contributed by atoms with Crippen molar-refractivity contribution in [2.45, 2.75) is 13.5 Å². The first-order chi connectivity index (χ1) is 6.74. The summed E-state index contributed by atoms with van der Waals surface area (Å²) in [5.74, 6) is 0.0971. The third-order valence-electron chi connectivity index (χ3n) is 1.83. The normalized spacial score (nSPS) is 10.1. The van der Waals surface area contributed by atoms with Gasteiger partial charge in [0, 0.05) is 12.4 Å². The van der Waals surface area contributed by atoms with E-state index < -0.39 is 0 Å². The minimum atomic E-state index is 0.0971. The molecule has 0 fully saturated rings. The number of carbonyl (C=O) groups excluding carboxylic acids is 1. The van der Waals surface area contributed by atoms with Gasteiger partial charge in [-0.2, -0.15) is 0 Å². The van der Waals surface area contributed by atoms with E-state index >= 15 is 0 Å². The average Bonchev–Trinajstić information content (AvgIpc) is 2.66. The van der Waals surface area contributed by atoms with E-state index in [2.05, 4.69) is 10.3 Å². The monoisotopic (exact) mass is 213 g/mol. The molecule has 0 aliphatic heterocycles. The largest absolute Gasteiger partial charge is 0.339 e. The second-order valence-electron chi connectivity index (χ2n) is 3.01. The fourth-order valence-electron chi connectivity index (χ4n) is 1.01. The zero-order valence-corrected chi connectivity index (χ0v) is 9.30. The van der Waals surface area contributed by atoms with Crippen molar-refractivity contribution in [2.75, 3.05) is 20.1 Å². The summed E-state index contributed by atoms with van der Waals surface area (Å²) in [5.41, 5.74) is 2.72. The van der Waals surface area contributed by atoms with Gasteiger partial charge in [-0.15, -0.1) is 11.3 Å². The number of nitrogens with zero attached hydrogens (tertiary/aromatic N) is 2. The molecule has 4 nitrogen and oxygen atoms in total. The van der Waals surface area contributed by atoms with E-state index in [-0.39, 0.29) is 5.91 Å². The third kappa shape index (κ3) is 3.43. The first kappa shape index (κ1) is 11.1. The fraction of sp³-hybridized carbons (Fsp3) is 0.556. The molecule has 1 aromatic rings. The van der Waals surface area contributed by atoms with Gasteiger partial charge in [0.2, 0.25) is 5.91 Å². The number of hydrogen-bond donors (Lipinski definition) is 1. The molecule has 78 valence electrons. The number of hydrogen-bond acceptors (Lipinski definition) is 4. The predicted octanol–water partition coefficient (Wildman–Crippen LogP) is 0.711. The summed E-state index contributed by atoms with van der Waals surface area (Å²) in [5, 5.41) is 4.95. The Morgan fingerprint density at radius 2 is 2.50 bits per heavy atom. The minimum absolute atomic E-state index is 0.0971. The van der Waals surface area contributed by atoms with Crippen LogP contribution >= 0.6 is 11.3 Å². The second kappa shape index (κ2) is 5.72. The topological polar surface area (TPSA) is 45.2 Å². The van der Waals surface area contributed by atoms with Gasteiger partial charge in [0.25, 0.3) is 0 Å². The first-order valence-corrected chi connectivity index (χ1v) is 5.50. The highest BCUT2D eigenvalue weighted by molar-refractivity contribution is 7.07. The van der Waals surface area contributed by atoms with E-state index in [1.807, 2.05) is 12.3 Å². The van der Waals surface area contributed by atoms with Gasteiger partial charge in [-0.3, -0.25) is 4.79 Å². The maximum Gasteiger partial charge on any atom is 0.236 e. The van der Waals surface area contributed by atoms with Crippen molar-refractivity contribution in [1.29, 1.82) is 0 Å². The van der Waals surface area contributed by atoms with Crippen LogP contribution in [-0.4, -0.2) is 35.9 Å². The van der Waals surface area contributed by atoms with Crippen LogP contribution in [0, 0.1) is 0 Å². The predicted molar refractivity (Wildman–Crippen MR) is 57.1 cm³/mol. The molecule has 14 heavy (non-hydrogen) atoms. The SMILES string of the molecule is CCNCC(=O)N(C)Cc1cscn1. The third-order valence-corrected chi connectivity index (χ3v) is 2.47. The molecule has 0 unspecified atom stereocenters. The molecule has 0 saturated heterocycles. The Bertz CT molecular complexity index is 274.